The van der Waals surface area contributed by atoms with E-state index in [1.165, 1.54) is 6.92 Å². The van der Waals surface area contributed by atoms with E-state index in [4.69, 9.17) is 9.79 Å². The molecule has 3 N–H and O–H groups in total. The van der Waals surface area contributed by atoms with Gasteiger partial charge in [0.25, 0.3) is 0 Å². The van der Waals surface area contributed by atoms with E-state index in [1.807, 2.05) is 36.4 Å². The van der Waals surface area contributed by atoms with Crippen LogP contribution in [-0.4, -0.2) is 20.6 Å². The highest BCUT2D eigenvalue weighted by Crippen LogP contribution is 2.40. The van der Waals surface area contributed by atoms with Crippen molar-refractivity contribution in [2.24, 2.45) is 0 Å². The molecule has 0 bridgehead atoms. The van der Waals surface area contributed by atoms with Gasteiger partial charge in [-0.3, -0.25) is 4.57 Å². The Labute approximate surface area is 111 Å². The Balaban J connectivity index is 2.14. The second-order valence-electron chi connectivity index (χ2n) is 4.21. The van der Waals surface area contributed by atoms with Crippen molar-refractivity contribution in [2.45, 2.75) is 12.7 Å². The van der Waals surface area contributed by atoms with Crippen LogP contribution in [0.3, 0.4) is 0 Å². The normalized spacial score (nSPS) is 13.0. The van der Waals surface area contributed by atoms with Crippen LogP contribution in [0.15, 0.2) is 48.7 Å². The first-order valence-corrected chi connectivity index (χ1v) is 7.48. The maximum absolute atomic E-state index is 11.0. The number of rotatable bonds is 4. The Kier molecular flexibility index (Phi) is 4.00. The van der Waals surface area contributed by atoms with Gasteiger partial charge < -0.3 is 15.1 Å². The molecule has 19 heavy (non-hydrogen) atoms. The van der Waals surface area contributed by atoms with E-state index < -0.39 is 13.4 Å². The van der Waals surface area contributed by atoms with Crippen LogP contribution in [0.4, 0.5) is 5.82 Å². The molecular formula is C13H15N2O3P. The Morgan fingerprint density at radius 1 is 1.11 bits per heavy atom. The minimum Gasteiger partial charge on any atom is -0.356 e. The van der Waals surface area contributed by atoms with E-state index in [9.17, 15) is 4.57 Å². The predicted octanol–water partition coefficient (Wildman–Crippen LogP) is 2.68. The number of benzene rings is 1. The first kappa shape index (κ1) is 13.7. The maximum Gasteiger partial charge on any atom is 0.347 e. The fourth-order valence-corrected chi connectivity index (χ4v) is 1.88. The summed E-state index contributed by atoms with van der Waals surface area (Å²) in [6, 6.07) is 13.3. The van der Waals surface area contributed by atoms with Gasteiger partial charge in [0.1, 0.15) is 11.6 Å². The lowest BCUT2D eigenvalue weighted by Gasteiger charge is -2.15. The van der Waals surface area contributed by atoms with E-state index in [2.05, 4.69) is 10.3 Å². The molecule has 1 aromatic heterocycles. The van der Waals surface area contributed by atoms with E-state index in [-0.39, 0.29) is 0 Å². The summed E-state index contributed by atoms with van der Waals surface area (Å²) >= 11 is 0. The maximum atomic E-state index is 11.0. The molecule has 1 unspecified atom stereocenters. The topological polar surface area (TPSA) is 82.5 Å². The molecule has 0 saturated carbocycles. The molecule has 0 aliphatic heterocycles. The van der Waals surface area contributed by atoms with Gasteiger partial charge in [0.2, 0.25) is 0 Å². The minimum atomic E-state index is -4.14. The first-order chi connectivity index (χ1) is 8.97. The lowest BCUT2D eigenvalue weighted by molar-refractivity contribution is 0.364. The highest BCUT2D eigenvalue weighted by Gasteiger charge is 2.23. The average Bonchev–Trinajstić information content (AvgIpc) is 2.39. The summed E-state index contributed by atoms with van der Waals surface area (Å²) in [6.45, 7) is 1.42. The average molecular weight is 278 g/mol. The van der Waals surface area contributed by atoms with Gasteiger partial charge in [0, 0.05) is 11.8 Å². The summed E-state index contributed by atoms with van der Waals surface area (Å²) in [4.78, 5) is 22.2. The van der Waals surface area contributed by atoms with E-state index in [0.717, 1.165) is 11.1 Å². The van der Waals surface area contributed by atoms with Gasteiger partial charge in [-0.15, -0.1) is 0 Å². The van der Waals surface area contributed by atoms with Gasteiger partial charge in [-0.05, 0) is 24.6 Å². The van der Waals surface area contributed by atoms with E-state index in [1.54, 1.807) is 12.3 Å². The molecule has 2 rings (SSSR count). The van der Waals surface area contributed by atoms with Crippen LogP contribution >= 0.6 is 7.60 Å². The van der Waals surface area contributed by atoms with Gasteiger partial charge in [0.15, 0.2) is 0 Å². The molecule has 1 heterocycles. The second kappa shape index (κ2) is 5.53. The molecule has 0 aliphatic carbocycles. The predicted molar refractivity (Wildman–Crippen MR) is 74.8 cm³/mol. The number of nitrogens with zero attached hydrogens (tertiary/aromatic N) is 1. The van der Waals surface area contributed by atoms with Gasteiger partial charge in [0.05, 0.1) is 0 Å². The van der Waals surface area contributed by atoms with Crippen LogP contribution in [0, 0.1) is 0 Å². The lowest BCUT2D eigenvalue weighted by Crippen LogP contribution is -2.15. The van der Waals surface area contributed by atoms with Crippen LogP contribution < -0.4 is 5.32 Å². The Hall–Kier alpha value is -1.68. The van der Waals surface area contributed by atoms with Gasteiger partial charge in [-0.1, -0.05) is 30.3 Å². The van der Waals surface area contributed by atoms with Crippen LogP contribution in [-0.2, 0) is 4.57 Å². The fraction of sp³-hybridized carbons (Fsp3) is 0.154. The van der Waals surface area contributed by atoms with Gasteiger partial charge in [-0.2, -0.15) is 0 Å². The van der Waals surface area contributed by atoms with Crippen LogP contribution in [0.25, 0.3) is 11.1 Å². The molecule has 0 radical (unpaired) electrons. The third kappa shape index (κ3) is 3.64. The zero-order valence-electron chi connectivity index (χ0n) is 10.4. The van der Waals surface area contributed by atoms with Crippen molar-refractivity contribution in [3.63, 3.8) is 0 Å². The minimum absolute atomic E-state index is 0.440. The lowest BCUT2D eigenvalue weighted by atomic mass is 10.1. The molecule has 0 saturated heterocycles. The summed E-state index contributed by atoms with van der Waals surface area (Å²) in [7, 11) is -4.14. The Morgan fingerprint density at radius 3 is 2.32 bits per heavy atom. The molecule has 1 aromatic carbocycles. The van der Waals surface area contributed by atoms with Gasteiger partial charge in [-0.25, -0.2) is 4.98 Å². The zero-order valence-corrected chi connectivity index (χ0v) is 11.3. The van der Waals surface area contributed by atoms with Crippen molar-refractivity contribution < 1.29 is 14.4 Å². The molecule has 0 amide bonds. The van der Waals surface area contributed by atoms with Crippen molar-refractivity contribution in [2.75, 3.05) is 5.32 Å². The van der Waals surface area contributed by atoms with E-state index >= 15 is 0 Å². The third-order valence-corrected chi connectivity index (χ3v) is 3.87. The smallest absolute Gasteiger partial charge is 0.347 e. The Bertz CT molecular complexity index is 581. The first-order valence-electron chi connectivity index (χ1n) is 5.80. The van der Waals surface area contributed by atoms with Crippen LogP contribution in [0.2, 0.25) is 0 Å². The van der Waals surface area contributed by atoms with Crippen LogP contribution in [0.1, 0.15) is 6.92 Å². The van der Waals surface area contributed by atoms with Crippen molar-refractivity contribution in [3.05, 3.63) is 48.7 Å². The monoisotopic (exact) mass is 278 g/mol. The fourth-order valence-electron chi connectivity index (χ4n) is 1.58. The second-order valence-corrected chi connectivity index (χ2v) is 6.16. The van der Waals surface area contributed by atoms with Gasteiger partial charge >= 0.3 is 7.60 Å². The summed E-state index contributed by atoms with van der Waals surface area (Å²) in [5.74, 6) is -0.516. The van der Waals surface area contributed by atoms with Crippen molar-refractivity contribution in [3.8, 4) is 11.1 Å². The third-order valence-electron chi connectivity index (χ3n) is 2.73. The summed E-state index contributed by atoms with van der Waals surface area (Å²) in [6.07, 6.45) is 1.67. The number of pyridine rings is 1. The molecule has 0 aliphatic rings. The number of hydrogen-bond acceptors (Lipinski definition) is 3. The molecule has 0 spiro atoms. The van der Waals surface area contributed by atoms with Crippen molar-refractivity contribution >= 4 is 13.4 Å². The number of hydrogen-bond donors (Lipinski definition) is 3. The molecule has 100 valence electrons. The van der Waals surface area contributed by atoms with Crippen LogP contribution in [0.5, 0.6) is 0 Å². The number of aromatic nitrogens is 1. The highest BCUT2D eigenvalue weighted by molar-refractivity contribution is 7.52. The Morgan fingerprint density at radius 2 is 1.79 bits per heavy atom. The standard InChI is InChI=1S/C13H15N2O3P/c1-10(19(16,17)18)15-13-8-7-12(9-14-13)11-5-3-2-4-6-11/h2-10H,1H3,(H,14,15)(H2,16,17,18). The quantitative estimate of drug-likeness (QED) is 0.749. The van der Waals surface area contributed by atoms with E-state index in [0.29, 0.717) is 5.82 Å². The molecule has 1 atom stereocenters. The number of anilines is 1. The highest BCUT2D eigenvalue weighted by atomic mass is 31.2. The molecule has 2 aromatic rings. The molecule has 6 heteroatoms. The summed E-state index contributed by atoms with van der Waals surface area (Å²) in [5, 5.41) is 2.69. The number of nitrogens with one attached hydrogen (secondary N) is 1. The molecule has 5 nitrogen and oxygen atoms in total. The summed E-state index contributed by atoms with van der Waals surface area (Å²) in [5.41, 5.74) is 2.00. The van der Waals surface area contributed by atoms with Crippen molar-refractivity contribution in [1.29, 1.82) is 0 Å². The largest absolute Gasteiger partial charge is 0.356 e. The molecule has 0 fully saturated rings. The molecular weight excluding hydrogens is 263 g/mol. The zero-order chi connectivity index (χ0) is 13.9. The summed E-state index contributed by atoms with van der Waals surface area (Å²) < 4.78 is 11.0. The SMILES string of the molecule is CC(Nc1ccc(-c2ccccc2)cn1)P(=O)(O)O. The van der Waals surface area contributed by atoms with Crippen molar-refractivity contribution in [1.82, 2.24) is 4.98 Å².